The van der Waals surface area contributed by atoms with E-state index in [0.29, 0.717) is 0 Å². The Morgan fingerprint density at radius 3 is 2.64 bits per heavy atom. The maximum absolute atomic E-state index is 2.40. The van der Waals surface area contributed by atoms with E-state index in [1.807, 2.05) is 0 Å². The fourth-order valence-electron chi connectivity index (χ4n) is 0.942. The van der Waals surface area contributed by atoms with Crippen LogP contribution in [0, 0.1) is 3.57 Å². The summed E-state index contributed by atoms with van der Waals surface area (Å²) in [6, 6.07) is 6.64. The van der Waals surface area contributed by atoms with Crippen molar-refractivity contribution in [3.63, 3.8) is 0 Å². The van der Waals surface area contributed by atoms with E-state index in [9.17, 15) is 0 Å². The molecule has 0 nitrogen and oxygen atoms in total. The standard InChI is InChI=1S/C9H11IS/c1-3-7-4-5-8(11-2)6-9(7)10/h4-6H,3H2,1-2H3. The Morgan fingerprint density at radius 2 is 2.18 bits per heavy atom. The number of aryl methyl sites for hydroxylation is 1. The summed E-state index contributed by atoms with van der Waals surface area (Å²) in [4.78, 5) is 1.35. The molecule has 0 aromatic heterocycles. The first-order chi connectivity index (χ1) is 5.27. The van der Waals surface area contributed by atoms with Crippen molar-refractivity contribution < 1.29 is 0 Å². The summed E-state index contributed by atoms with van der Waals surface area (Å²) in [5.74, 6) is 0. The van der Waals surface area contributed by atoms with Gasteiger partial charge in [-0.15, -0.1) is 11.8 Å². The van der Waals surface area contributed by atoms with E-state index in [1.165, 1.54) is 14.0 Å². The van der Waals surface area contributed by atoms with Crippen LogP contribution in [0.5, 0.6) is 0 Å². The van der Waals surface area contributed by atoms with Crippen LogP contribution in [0.2, 0.25) is 0 Å². The summed E-state index contributed by atoms with van der Waals surface area (Å²) >= 11 is 4.19. The molecular formula is C9H11IS. The molecule has 2 heteroatoms. The van der Waals surface area contributed by atoms with Crippen LogP contribution in [0.3, 0.4) is 0 Å². The molecule has 0 aliphatic heterocycles. The summed E-state index contributed by atoms with van der Waals surface area (Å²) < 4.78 is 1.39. The molecule has 0 amide bonds. The van der Waals surface area contributed by atoms with Crippen LogP contribution < -0.4 is 0 Å². The van der Waals surface area contributed by atoms with E-state index in [1.54, 1.807) is 11.8 Å². The van der Waals surface area contributed by atoms with E-state index in [0.717, 1.165) is 6.42 Å². The second-order valence-electron chi connectivity index (χ2n) is 2.31. The van der Waals surface area contributed by atoms with Gasteiger partial charge in [0.15, 0.2) is 0 Å². The zero-order valence-electron chi connectivity index (χ0n) is 6.73. The van der Waals surface area contributed by atoms with Crippen molar-refractivity contribution in [2.75, 3.05) is 6.26 Å². The van der Waals surface area contributed by atoms with Crippen LogP contribution in [0.4, 0.5) is 0 Å². The molecule has 0 aliphatic carbocycles. The first-order valence-corrected chi connectivity index (χ1v) is 5.90. The lowest BCUT2D eigenvalue weighted by Gasteiger charge is -2.02. The second kappa shape index (κ2) is 4.36. The van der Waals surface area contributed by atoms with Crippen molar-refractivity contribution in [2.24, 2.45) is 0 Å². The molecule has 60 valence electrons. The predicted molar refractivity (Wildman–Crippen MR) is 60.3 cm³/mol. The minimum atomic E-state index is 1.13. The second-order valence-corrected chi connectivity index (χ2v) is 4.35. The van der Waals surface area contributed by atoms with Crippen LogP contribution in [0.25, 0.3) is 0 Å². The molecule has 0 aliphatic rings. The first-order valence-electron chi connectivity index (χ1n) is 3.60. The van der Waals surface area contributed by atoms with E-state index in [2.05, 4.69) is 54.0 Å². The third kappa shape index (κ3) is 2.37. The smallest absolute Gasteiger partial charge is 0.0173 e. The molecule has 0 saturated carbocycles. The molecule has 1 aromatic carbocycles. The van der Waals surface area contributed by atoms with Crippen molar-refractivity contribution in [2.45, 2.75) is 18.2 Å². The van der Waals surface area contributed by atoms with Crippen LogP contribution in [0.15, 0.2) is 23.1 Å². The average molecular weight is 278 g/mol. The molecule has 0 fully saturated rings. The van der Waals surface area contributed by atoms with Crippen molar-refractivity contribution >= 4 is 34.4 Å². The third-order valence-corrected chi connectivity index (χ3v) is 3.37. The quantitative estimate of drug-likeness (QED) is 0.588. The Balaban J connectivity index is 2.99. The van der Waals surface area contributed by atoms with Gasteiger partial charge in [0.25, 0.3) is 0 Å². The highest BCUT2D eigenvalue weighted by Crippen LogP contribution is 2.20. The molecule has 0 spiro atoms. The fourth-order valence-corrected chi connectivity index (χ4v) is 2.49. The van der Waals surface area contributed by atoms with Gasteiger partial charge in [0.05, 0.1) is 0 Å². The van der Waals surface area contributed by atoms with Crippen LogP contribution in [-0.4, -0.2) is 6.26 Å². The summed E-state index contributed by atoms with van der Waals surface area (Å²) in [7, 11) is 0. The predicted octanol–water partition coefficient (Wildman–Crippen LogP) is 3.58. The maximum Gasteiger partial charge on any atom is 0.0173 e. The number of benzene rings is 1. The number of hydrogen-bond acceptors (Lipinski definition) is 1. The zero-order valence-corrected chi connectivity index (χ0v) is 9.70. The molecule has 0 unspecified atom stereocenters. The Bertz CT molecular complexity index is 245. The Morgan fingerprint density at radius 1 is 1.45 bits per heavy atom. The Labute approximate surface area is 85.9 Å². The molecule has 0 atom stereocenters. The summed E-state index contributed by atoms with van der Waals surface area (Å²) in [5.41, 5.74) is 1.45. The molecule has 11 heavy (non-hydrogen) atoms. The minimum Gasteiger partial charge on any atom is -0.130 e. The van der Waals surface area contributed by atoms with Crippen molar-refractivity contribution in [3.05, 3.63) is 27.3 Å². The lowest BCUT2D eigenvalue weighted by atomic mass is 10.2. The van der Waals surface area contributed by atoms with Gasteiger partial charge in [-0.3, -0.25) is 0 Å². The van der Waals surface area contributed by atoms with Crippen molar-refractivity contribution in [1.29, 1.82) is 0 Å². The molecule has 1 rings (SSSR count). The van der Waals surface area contributed by atoms with Crippen LogP contribution >= 0.6 is 34.4 Å². The SMILES string of the molecule is CCc1ccc(SC)cc1I. The highest BCUT2D eigenvalue weighted by Gasteiger charge is 1.97. The Kier molecular flexibility index (Phi) is 3.72. The van der Waals surface area contributed by atoms with Gasteiger partial charge in [-0.1, -0.05) is 13.0 Å². The van der Waals surface area contributed by atoms with Gasteiger partial charge in [-0.05, 0) is 53.0 Å². The number of thioether (sulfide) groups is 1. The van der Waals surface area contributed by atoms with Gasteiger partial charge in [0.1, 0.15) is 0 Å². The fraction of sp³-hybridized carbons (Fsp3) is 0.333. The topological polar surface area (TPSA) is 0 Å². The summed E-state index contributed by atoms with van der Waals surface area (Å²) in [6.45, 7) is 2.19. The number of rotatable bonds is 2. The normalized spacial score (nSPS) is 10.1. The van der Waals surface area contributed by atoms with Gasteiger partial charge >= 0.3 is 0 Å². The monoisotopic (exact) mass is 278 g/mol. The lowest BCUT2D eigenvalue weighted by Crippen LogP contribution is -1.85. The molecule has 1 aromatic rings. The van der Waals surface area contributed by atoms with E-state index in [-0.39, 0.29) is 0 Å². The van der Waals surface area contributed by atoms with Crippen LogP contribution in [0.1, 0.15) is 12.5 Å². The first kappa shape index (κ1) is 9.39. The molecule has 0 bridgehead atoms. The van der Waals surface area contributed by atoms with E-state index >= 15 is 0 Å². The number of hydrogen-bond donors (Lipinski definition) is 0. The lowest BCUT2D eigenvalue weighted by molar-refractivity contribution is 1.11. The van der Waals surface area contributed by atoms with Crippen molar-refractivity contribution in [3.8, 4) is 0 Å². The van der Waals surface area contributed by atoms with Gasteiger partial charge in [0.2, 0.25) is 0 Å². The highest BCUT2D eigenvalue weighted by atomic mass is 127. The number of halogens is 1. The molecule has 0 heterocycles. The highest BCUT2D eigenvalue weighted by molar-refractivity contribution is 14.1. The Hall–Kier alpha value is 0.300. The van der Waals surface area contributed by atoms with Crippen LogP contribution in [-0.2, 0) is 6.42 Å². The van der Waals surface area contributed by atoms with Gasteiger partial charge in [0, 0.05) is 8.47 Å². The summed E-state index contributed by atoms with van der Waals surface area (Å²) in [5, 5.41) is 0. The molecule has 0 saturated heterocycles. The molecule has 0 N–H and O–H groups in total. The van der Waals surface area contributed by atoms with Gasteiger partial charge < -0.3 is 0 Å². The van der Waals surface area contributed by atoms with Gasteiger partial charge in [-0.2, -0.15) is 0 Å². The van der Waals surface area contributed by atoms with E-state index in [4.69, 9.17) is 0 Å². The minimum absolute atomic E-state index is 1.13. The summed E-state index contributed by atoms with van der Waals surface area (Å²) in [6.07, 6.45) is 3.24. The van der Waals surface area contributed by atoms with Crippen molar-refractivity contribution in [1.82, 2.24) is 0 Å². The average Bonchev–Trinajstić information content (AvgIpc) is 2.04. The van der Waals surface area contributed by atoms with Gasteiger partial charge in [-0.25, -0.2) is 0 Å². The molecule has 0 radical (unpaired) electrons. The third-order valence-electron chi connectivity index (χ3n) is 1.64. The zero-order chi connectivity index (χ0) is 8.27. The maximum atomic E-state index is 2.40. The molecular weight excluding hydrogens is 267 g/mol. The van der Waals surface area contributed by atoms with E-state index < -0.39 is 0 Å². The largest absolute Gasteiger partial charge is 0.130 e.